The number of nitrogens with zero attached hydrogens (tertiary/aromatic N) is 3. The summed E-state index contributed by atoms with van der Waals surface area (Å²) in [6.07, 6.45) is 50.5. The first-order chi connectivity index (χ1) is 43.2. The average molecular weight is 1180 g/mol. The van der Waals surface area contributed by atoms with E-state index in [4.69, 9.17) is 29.9 Å². The minimum Gasteiger partial charge on any atom is -0.375 e. The summed E-state index contributed by atoms with van der Waals surface area (Å²) in [6.45, 7) is 6.65. The van der Waals surface area contributed by atoms with Crippen LogP contribution in [0.4, 0.5) is 0 Å². The molecule has 6 fully saturated rings. The molecule has 0 radical (unpaired) electrons. The molecule has 0 amide bonds. The Balaban J connectivity index is 0.000000120. The standard InChI is InChI=1S/2C27H35NO.C17H23NO.C10H13N/c2*1-2-13-24-22(9-1)10-7-11-23(24)12-8-15-26(25-14-3-6-19-28-25)18-20-29-27(21-26)16-4-5-17-27;1-2-8-16(15-7-3-6-12-18-15)11-13-19-17(14-16)9-4-5-10-17;11-10-7-3-5-8-4-1-2-6-9(8)10/h2*1-3,6,9,13-14,19,23H,4-5,7-8,10-12,15-18,20-21H2;2-3,6-7,12H,1,4-5,8-11,13-14H2;1-2,4,6,10H,3,5,7,11H2/t2*23-,26-;16-;10-/m1110/s1. The highest BCUT2D eigenvalue weighted by Crippen LogP contribution is 2.54. The number of nitrogens with two attached hydrogens (primary N) is 1. The summed E-state index contributed by atoms with van der Waals surface area (Å²) in [5.74, 6) is 1.50. The van der Waals surface area contributed by atoms with Crippen molar-refractivity contribution in [3.05, 3.63) is 209 Å². The lowest BCUT2D eigenvalue weighted by molar-refractivity contribution is -0.105. The highest BCUT2D eigenvalue weighted by molar-refractivity contribution is 5.35. The molecule has 468 valence electrons. The van der Waals surface area contributed by atoms with Crippen molar-refractivity contribution in [2.45, 2.75) is 269 Å². The molecular formula is C81H106N4O3. The number of pyridine rings is 3. The number of hydrogen-bond acceptors (Lipinski definition) is 7. The maximum absolute atomic E-state index is 6.42. The molecule has 3 saturated carbocycles. The third-order valence-electron chi connectivity index (χ3n) is 23.5. The molecule has 6 heterocycles. The number of fused-ring (bicyclic) bond motifs is 3. The van der Waals surface area contributed by atoms with Gasteiger partial charge in [-0.25, -0.2) is 0 Å². The van der Waals surface area contributed by atoms with E-state index < -0.39 is 0 Å². The second kappa shape index (κ2) is 29.3. The van der Waals surface area contributed by atoms with Gasteiger partial charge in [0.2, 0.25) is 0 Å². The van der Waals surface area contributed by atoms with Gasteiger partial charge in [0.25, 0.3) is 0 Å². The van der Waals surface area contributed by atoms with E-state index >= 15 is 0 Å². The third-order valence-corrected chi connectivity index (χ3v) is 23.5. The van der Waals surface area contributed by atoms with Crippen molar-refractivity contribution < 1.29 is 14.2 Å². The SMILES string of the molecule is C=CC[C@@]1(c2ccccn2)CCOC2(CCCC2)C1.N[C@H]1CCCc2ccccc21.c1ccc([C@]2(CCC[C@H]3CCCc4ccccc43)CCOC3(CCCC3)C2)nc1.c1ccc([C@]2(CCC[C@H]3CCCc4ccccc43)CCOC3(CCCC3)C2)nc1. The predicted octanol–water partition coefficient (Wildman–Crippen LogP) is 19.5. The zero-order chi connectivity index (χ0) is 60.0. The van der Waals surface area contributed by atoms with Crippen molar-refractivity contribution in [1.82, 2.24) is 15.0 Å². The van der Waals surface area contributed by atoms with Crippen molar-refractivity contribution in [1.29, 1.82) is 0 Å². The van der Waals surface area contributed by atoms with Crippen molar-refractivity contribution in [3.63, 3.8) is 0 Å². The van der Waals surface area contributed by atoms with Gasteiger partial charge >= 0.3 is 0 Å². The van der Waals surface area contributed by atoms with Crippen LogP contribution in [0.15, 0.2) is 159 Å². The molecule has 3 aromatic carbocycles. The number of allylic oxidation sites excluding steroid dienone is 1. The Bertz CT molecular complexity index is 2970. The van der Waals surface area contributed by atoms with E-state index in [-0.39, 0.29) is 33.0 Å². The van der Waals surface area contributed by atoms with Crippen LogP contribution < -0.4 is 5.73 Å². The molecule has 0 unspecified atom stereocenters. The highest BCUT2D eigenvalue weighted by Gasteiger charge is 2.51. The van der Waals surface area contributed by atoms with E-state index in [0.717, 1.165) is 70.2 Å². The minimum absolute atomic E-state index is 0.124. The first-order valence-electron chi connectivity index (χ1n) is 35.5. The first-order valence-corrected chi connectivity index (χ1v) is 35.5. The van der Waals surface area contributed by atoms with Gasteiger partial charge in [0, 0.05) is 77.8 Å². The Labute approximate surface area is 530 Å². The molecular weight excluding hydrogens is 1080 g/mol. The van der Waals surface area contributed by atoms with E-state index in [1.165, 1.54) is 208 Å². The molecule has 3 spiro atoms. The summed E-state index contributed by atoms with van der Waals surface area (Å²) in [5, 5.41) is 0. The van der Waals surface area contributed by atoms with Crippen molar-refractivity contribution in [2.75, 3.05) is 19.8 Å². The van der Waals surface area contributed by atoms with Crippen LogP contribution in [-0.4, -0.2) is 51.6 Å². The second-order valence-corrected chi connectivity index (χ2v) is 29.0. The molecule has 6 aromatic rings. The van der Waals surface area contributed by atoms with Crippen LogP contribution in [0.5, 0.6) is 0 Å². The van der Waals surface area contributed by atoms with Gasteiger partial charge in [0.05, 0.1) is 16.8 Å². The Morgan fingerprint density at radius 1 is 0.409 bits per heavy atom. The Morgan fingerprint density at radius 2 is 0.761 bits per heavy atom. The molecule has 2 N–H and O–H groups in total. The average Bonchev–Trinajstić information content (AvgIpc) is 2.05. The summed E-state index contributed by atoms with van der Waals surface area (Å²) < 4.78 is 19.0. The first kappa shape index (κ1) is 62.9. The van der Waals surface area contributed by atoms with Crippen molar-refractivity contribution in [3.8, 4) is 0 Å². The molecule has 6 aliphatic carbocycles. The Hall–Kier alpha value is -5.31. The van der Waals surface area contributed by atoms with Gasteiger partial charge in [-0.2, -0.15) is 0 Å². The predicted molar refractivity (Wildman–Crippen MR) is 360 cm³/mol. The summed E-state index contributed by atoms with van der Waals surface area (Å²) in [6, 6.07) is 46.4. The van der Waals surface area contributed by atoms with Crippen LogP contribution in [0.25, 0.3) is 0 Å². The second-order valence-electron chi connectivity index (χ2n) is 29.0. The zero-order valence-electron chi connectivity index (χ0n) is 53.7. The van der Waals surface area contributed by atoms with Crippen LogP contribution >= 0.6 is 0 Å². The fourth-order valence-corrected chi connectivity index (χ4v) is 19.1. The summed E-state index contributed by atoms with van der Waals surface area (Å²) >= 11 is 0. The summed E-state index contributed by atoms with van der Waals surface area (Å²) in [7, 11) is 0. The number of benzene rings is 3. The molecule has 3 saturated heterocycles. The molecule has 88 heavy (non-hydrogen) atoms. The number of aryl methyl sites for hydroxylation is 3. The van der Waals surface area contributed by atoms with Gasteiger partial charge < -0.3 is 19.9 Å². The summed E-state index contributed by atoms with van der Waals surface area (Å²) in [4.78, 5) is 14.4. The molecule has 0 bridgehead atoms. The van der Waals surface area contributed by atoms with E-state index in [9.17, 15) is 0 Å². The lowest BCUT2D eigenvalue weighted by atomic mass is 9.66. The molecule has 15 rings (SSSR count). The van der Waals surface area contributed by atoms with Crippen molar-refractivity contribution in [2.24, 2.45) is 5.73 Å². The Morgan fingerprint density at radius 3 is 1.16 bits per heavy atom. The van der Waals surface area contributed by atoms with Crippen LogP contribution in [0.2, 0.25) is 0 Å². The molecule has 7 nitrogen and oxygen atoms in total. The maximum Gasteiger partial charge on any atom is 0.0691 e. The van der Waals surface area contributed by atoms with E-state index in [1.54, 1.807) is 22.3 Å². The third kappa shape index (κ3) is 14.7. The molecule has 6 atom stereocenters. The number of ether oxygens (including phenoxy) is 3. The van der Waals surface area contributed by atoms with Crippen LogP contribution in [0, 0.1) is 0 Å². The van der Waals surface area contributed by atoms with Gasteiger partial charge in [-0.1, -0.05) is 148 Å². The lowest BCUT2D eigenvalue weighted by Crippen LogP contribution is -2.46. The van der Waals surface area contributed by atoms with Gasteiger partial charge in [0.1, 0.15) is 0 Å². The van der Waals surface area contributed by atoms with Gasteiger partial charge in [-0.3, -0.25) is 15.0 Å². The monoisotopic (exact) mass is 1180 g/mol. The number of aromatic nitrogens is 3. The van der Waals surface area contributed by atoms with Crippen LogP contribution in [0.3, 0.4) is 0 Å². The van der Waals surface area contributed by atoms with E-state index in [2.05, 4.69) is 139 Å². The van der Waals surface area contributed by atoms with E-state index in [0.29, 0.717) is 6.04 Å². The molecule has 3 aromatic heterocycles. The maximum atomic E-state index is 6.42. The van der Waals surface area contributed by atoms with Gasteiger partial charge in [-0.15, -0.1) is 6.58 Å². The quantitative estimate of drug-likeness (QED) is 0.115. The van der Waals surface area contributed by atoms with Crippen LogP contribution in [0.1, 0.15) is 267 Å². The summed E-state index contributed by atoms with van der Waals surface area (Å²) in [5.41, 5.74) is 20.0. The normalized spacial score (nSPS) is 27.9. The van der Waals surface area contributed by atoms with E-state index in [1.807, 2.05) is 24.7 Å². The lowest BCUT2D eigenvalue weighted by Gasteiger charge is -2.46. The minimum atomic E-state index is 0.124. The van der Waals surface area contributed by atoms with Gasteiger partial charge in [-0.05, 0) is 249 Å². The number of hydrogen-bond donors (Lipinski definition) is 1. The van der Waals surface area contributed by atoms with Crippen LogP contribution in [-0.2, 0) is 49.7 Å². The van der Waals surface area contributed by atoms with Crippen molar-refractivity contribution >= 4 is 0 Å². The highest BCUT2D eigenvalue weighted by atomic mass is 16.5. The topological polar surface area (TPSA) is 92.4 Å². The Kier molecular flexibility index (Phi) is 20.9. The largest absolute Gasteiger partial charge is 0.375 e. The smallest absolute Gasteiger partial charge is 0.0691 e. The fourth-order valence-electron chi connectivity index (χ4n) is 19.1. The molecule has 9 aliphatic rings. The fraction of sp³-hybridized carbons (Fsp3) is 0.568. The zero-order valence-corrected chi connectivity index (χ0v) is 53.7. The number of rotatable bonds is 13. The molecule has 7 heteroatoms. The molecule has 3 aliphatic heterocycles. The van der Waals surface area contributed by atoms with Gasteiger partial charge in [0.15, 0.2) is 0 Å².